The van der Waals surface area contributed by atoms with Gasteiger partial charge < -0.3 is 42.0 Å². The lowest BCUT2D eigenvalue weighted by Crippen LogP contribution is -2.42. The summed E-state index contributed by atoms with van der Waals surface area (Å²) in [5.74, 6) is -4.25. The number of carbonyl (C=O) groups is 5. The number of hydrogen-bond acceptors (Lipinski definition) is 13. The minimum absolute atomic E-state index is 0.000354. The lowest BCUT2D eigenvalue weighted by Gasteiger charge is -2.15. The third-order valence-corrected chi connectivity index (χ3v) is 6.59. The van der Waals surface area contributed by atoms with Gasteiger partial charge in [0.15, 0.2) is 11.2 Å². The van der Waals surface area contributed by atoms with Crippen LogP contribution in [0, 0.1) is 0 Å². The van der Waals surface area contributed by atoms with Gasteiger partial charge in [-0.25, -0.2) is 19.6 Å². The zero-order valence-corrected chi connectivity index (χ0v) is 25.2. The van der Waals surface area contributed by atoms with Gasteiger partial charge in [0.1, 0.15) is 12.1 Å². The summed E-state index contributed by atoms with van der Waals surface area (Å²) in [6.07, 6.45) is 1.01. The molecule has 2 aromatic heterocycles. The predicted molar refractivity (Wildman–Crippen MR) is 166 cm³/mol. The molecule has 9 N–H and O–H groups in total. The number of carboxylic acids is 2. The maximum Gasteiger partial charge on any atom is 0.327 e. The van der Waals surface area contributed by atoms with Crippen LogP contribution in [0.2, 0.25) is 0 Å². The van der Waals surface area contributed by atoms with Gasteiger partial charge in [-0.1, -0.05) is 0 Å². The number of nitrogens with one attached hydrogen (secondary N) is 5. The Morgan fingerprint density at radius 1 is 0.957 bits per heavy atom. The summed E-state index contributed by atoms with van der Waals surface area (Å²) in [6.45, 7) is 0.370. The fourth-order valence-corrected chi connectivity index (χ4v) is 4.08. The molecule has 2 atom stereocenters. The number of fused-ring (bicyclic) bond motifs is 1. The summed E-state index contributed by atoms with van der Waals surface area (Å²) >= 11 is 3.85. The second-order valence-corrected chi connectivity index (χ2v) is 10.0. The van der Waals surface area contributed by atoms with Crippen LogP contribution < -0.4 is 32.6 Å². The normalized spacial score (nSPS) is 12.1. The Hall–Kier alpha value is -5.30. The number of aliphatic carboxylic acids is 2. The van der Waals surface area contributed by atoms with E-state index in [1.54, 1.807) is 12.1 Å². The SMILES string of the molecule is Nc1nc2ncc(CNc3ccc(C(=O)N[C@@H](CCC(=O)NCCOCCC(=O)N[C@H](CS)C(=O)O)C(=O)O)cc3)nc2c(=O)[nH]1. The van der Waals surface area contributed by atoms with Gasteiger partial charge in [-0.2, -0.15) is 17.6 Å². The smallest absolute Gasteiger partial charge is 0.327 e. The number of rotatable bonds is 18. The van der Waals surface area contributed by atoms with Gasteiger partial charge in [0, 0.05) is 36.4 Å². The molecule has 0 unspecified atom stereocenters. The molecule has 0 radical (unpaired) electrons. The number of nitrogen functional groups attached to an aromatic ring is 1. The number of amides is 3. The van der Waals surface area contributed by atoms with E-state index >= 15 is 0 Å². The van der Waals surface area contributed by atoms with Crippen LogP contribution in [0.15, 0.2) is 35.3 Å². The molecule has 0 spiro atoms. The summed E-state index contributed by atoms with van der Waals surface area (Å²) in [5, 5.41) is 28.8. The average molecular weight is 660 g/mol. The number of anilines is 2. The fraction of sp³-hybridized carbons (Fsp3) is 0.370. The number of aromatic nitrogens is 4. The Bertz CT molecular complexity index is 1620. The van der Waals surface area contributed by atoms with Crippen LogP contribution in [0.5, 0.6) is 0 Å². The summed E-state index contributed by atoms with van der Waals surface area (Å²) < 4.78 is 5.24. The second-order valence-electron chi connectivity index (χ2n) is 9.67. The molecule has 2 heterocycles. The highest BCUT2D eigenvalue weighted by Gasteiger charge is 2.22. The van der Waals surface area contributed by atoms with E-state index in [0.29, 0.717) is 11.4 Å². The van der Waals surface area contributed by atoms with Gasteiger partial charge in [-0.05, 0) is 30.7 Å². The molecule has 3 aromatic rings. The van der Waals surface area contributed by atoms with Crippen molar-refractivity contribution in [2.75, 3.05) is 36.6 Å². The highest BCUT2D eigenvalue weighted by atomic mass is 32.1. The molecule has 0 aliphatic heterocycles. The second kappa shape index (κ2) is 17.3. The molecule has 18 nitrogen and oxygen atoms in total. The maximum atomic E-state index is 12.7. The van der Waals surface area contributed by atoms with Crippen LogP contribution >= 0.6 is 12.6 Å². The van der Waals surface area contributed by atoms with E-state index in [2.05, 4.69) is 53.8 Å². The lowest BCUT2D eigenvalue weighted by atomic mass is 10.1. The largest absolute Gasteiger partial charge is 0.480 e. The number of hydrogen-bond donors (Lipinski definition) is 9. The Labute approximate surface area is 266 Å². The van der Waals surface area contributed by atoms with E-state index in [-0.39, 0.29) is 74.0 Å². The number of carbonyl (C=O) groups excluding carboxylic acids is 3. The average Bonchev–Trinajstić information content (AvgIpc) is 3.02. The molecular formula is C27H33N9O9S. The number of H-pyrrole nitrogens is 1. The third kappa shape index (κ3) is 11.0. The quantitative estimate of drug-likeness (QED) is 0.0579. The zero-order chi connectivity index (χ0) is 33.6. The number of benzene rings is 1. The highest BCUT2D eigenvalue weighted by Crippen LogP contribution is 2.12. The van der Waals surface area contributed by atoms with Crippen LogP contribution in [-0.2, 0) is 30.5 Å². The minimum atomic E-state index is -1.32. The number of carboxylic acid groups (broad SMARTS) is 2. The number of nitrogens with two attached hydrogens (primary N) is 1. The van der Waals surface area contributed by atoms with E-state index in [9.17, 15) is 33.9 Å². The molecule has 0 fully saturated rings. The van der Waals surface area contributed by atoms with Gasteiger partial charge in [-0.15, -0.1) is 0 Å². The molecule has 1 aromatic carbocycles. The molecule has 0 saturated heterocycles. The van der Waals surface area contributed by atoms with Gasteiger partial charge in [0.25, 0.3) is 11.5 Å². The Morgan fingerprint density at radius 2 is 1.67 bits per heavy atom. The molecule has 3 rings (SSSR count). The third-order valence-electron chi connectivity index (χ3n) is 6.23. The maximum absolute atomic E-state index is 12.7. The zero-order valence-electron chi connectivity index (χ0n) is 24.3. The van der Waals surface area contributed by atoms with Crippen molar-refractivity contribution in [3.63, 3.8) is 0 Å². The van der Waals surface area contributed by atoms with Crippen LogP contribution in [-0.4, -0.2) is 97.4 Å². The van der Waals surface area contributed by atoms with Crippen molar-refractivity contribution in [2.24, 2.45) is 0 Å². The number of ether oxygens (including phenoxy) is 1. The van der Waals surface area contributed by atoms with Crippen LogP contribution in [0.3, 0.4) is 0 Å². The molecule has 246 valence electrons. The molecule has 3 amide bonds. The minimum Gasteiger partial charge on any atom is -0.480 e. The Balaban J connectivity index is 1.38. The summed E-state index contributed by atoms with van der Waals surface area (Å²) in [6, 6.07) is 3.76. The van der Waals surface area contributed by atoms with Crippen molar-refractivity contribution in [2.45, 2.75) is 37.9 Å². The Kier molecular flexibility index (Phi) is 13.2. The van der Waals surface area contributed by atoms with E-state index in [4.69, 9.17) is 15.6 Å². The number of thiol groups is 1. The topological polar surface area (TPSA) is 281 Å². The van der Waals surface area contributed by atoms with Crippen LogP contribution in [0.1, 0.15) is 35.3 Å². The molecular weight excluding hydrogens is 626 g/mol. The first-order chi connectivity index (χ1) is 22.0. The number of nitrogens with zero attached hydrogens (tertiary/aromatic N) is 3. The fourth-order valence-electron chi connectivity index (χ4n) is 3.83. The summed E-state index contributed by atoms with van der Waals surface area (Å²) in [5.41, 5.74) is 6.40. The monoisotopic (exact) mass is 659 g/mol. The summed E-state index contributed by atoms with van der Waals surface area (Å²) in [7, 11) is 0. The van der Waals surface area contributed by atoms with Crippen molar-refractivity contribution in [1.82, 2.24) is 35.9 Å². The van der Waals surface area contributed by atoms with Crippen LogP contribution in [0.25, 0.3) is 11.2 Å². The predicted octanol–water partition coefficient (Wildman–Crippen LogP) is -1.11. The van der Waals surface area contributed by atoms with Crippen molar-refractivity contribution in [3.05, 3.63) is 52.1 Å². The van der Waals surface area contributed by atoms with Crippen LogP contribution in [0.4, 0.5) is 11.6 Å². The van der Waals surface area contributed by atoms with Crippen molar-refractivity contribution in [3.8, 4) is 0 Å². The number of aromatic amines is 1. The first-order valence-electron chi connectivity index (χ1n) is 13.8. The first kappa shape index (κ1) is 35.2. The molecule has 46 heavy (non-hydrogen) atoms. The highest BCUT2D eigenvalue weighted by molar-refractivity contribution is 7.80. The Morgan fingerprint density at radius 3 is 2.35 bits per heavy atom. The van der Waals surface area contributed by atoms with Gasteiger partial charge in [-0.3, -0.25) is 24.2 Å². The van der Waals surface area contributed by atoms with Gasteiger partial charge in [0.2, 0.25) is 17.8 Å². The molecule has 0 aliphatic carbocycles. The standard InChI is InChI=1S/C27H33N9O9S/c28-27-35-22-21(24(40)36-27)32-16(12-31-22)11-30-15-3-1-14(2-4-15)23(39)34-17(25(41)42)5-6-19(37)29-8-10-45-9-7-20(38)33-18(13-46)26(43)44/h1-4,12,17-18,30,46H,5-11,13H2,(H,29,37)(H,33,38)(H,34,39)(H,41,42)(H,43,44)(H3,28,31,35,36,40)/t17-,18+/m0/s1. The molecule has 0 saturated carbocycles. The molecule has 19 heteroatoms. The first-order valence-corrected chi connectivity index (χ1v) is 14.5. The van der Waals surface area contributed by atoms with E-state index in [0.717, 1.165) is 0 Å². The van der Waals surface area contributed by atoms with Crippen molar-refractivity contribution in [1.29, 1.82) is 0 Å². The van der Waals surface area contributed by atoms with E-state index in [1.165, 1.54) is 18.3 Å². The van der Waals surface area contributed by atoms with Crippen molar-refractivity contribution >= 4 is 65.1 Å². The summed E-state index contributed by atoms with van der Waals surface area (Å²) in [4.78, 5) is 85.7. The van der Waals surface area contributed by atoms with E-state index in [1.807, 2.05) is 0 Å². The van der Waals surface area contributed by atoms with Gasteiger partial charge >= 0.3 is 11.9 Å². The molecule has 0 bridgehead atoms. The van der Waals surface area contributed by atoms with E-state index < -0.39 is 47.3 Å². The molecule has 0 aliphatic rings. The van der Waals surface area contributed by atoms with Gasteiger partial charge in [0.05, 0.1) is 31.6 Å². The lowest BCUT2D eigenvalue weighted by molar-refractivity contribution is -0.141. The van der Waals surface area contributed by atoms with Crippen molar-refractivity contribution < 1.29 is 38.9 Å².